The summed E-state index contributed by atoms with van der Waals surface area (Å²) in [5.41, 5.74) is 3.44. The molecule has 4 atom stereocenters. The third-order valence-electron chi connectivity index (χ3n) is 4.71. The minimum absolute atomic E-state index is 0.794. The first-order valence-corrected chi connectivity index (χ1v) is 6.24. The van der Waals surface area contributed by atoms with Crippen molar-refractivity contribution in [1.82, 2.24) is 0 Å². The molecule has 0 spiro atoms. The molecule has 0 fully saturated rings. The second-order valence-corrected chi connectivity index (χ2v) is 5.08. The maximum Gasteiger partial charge on any atom is -0.0175 e. The van der Waals surface area contributed by atoms with Crippen molar-refractivity contribution in [2.75, 3.05) is 0 Å². The van der Waals surface area contributed by atoms with Crippen LogP contribution in [-0.2, 0) is 0 Å². The highest BCUT2D eigenvalue weighted by molar-refractivity contribution is 5.22. The summed E-state index contributed by atoms with van der Waals surface area (Å²) in [5.74, 6) is 3.37. The van der Waals surface area contributed by atoms with Crippen LogP contribution in [0.5, 0.6) is 0 Å². The molecule has 82 valence electrons. The molecule has 0 N–H and O–H groups in total. The van der Waals surface area contributed by atoms with E-state index in [1.165, 1.54) is 12.8 Å². The Morgan fingerprint density at radius 3 is 2.00 bits per heavy atom. The smallest absolute Gasteiger partial charge is 0.0175 e. The Bertz CT molecular complexity index is 224. The van der Waals surface area contributed by atoms with Gasteiger partial charge in [0.2, 0.25) is 0 Å². The standard InChI is InChI=1S/C14H26/c1-7-13-11(5)9(3)10(4)12(6)14(13)8-2/h9-11,13H,7-8H2,1-6H3. The molecule has 0 aromatic carbocycles. The van der Waals surface area contributed by atoms with Crippen LogP contribution in [0, 0.1) is 23.7 Å². The van der Waals surface area contributed by atoms with Crippen molar-refractivity contribution < 1.29 is 0 Å². The molecule has 0 aliphatic heterocycles. The molecule has 1 aliphatic carbocycles. The van der Waals surface area contributed by atoms with Gasteiger partial charge in [0, 0.05) is 0 Å². The maximum absolute atomic E-state index is 2.44. The number of hydrogen-bond donors (Lipinski definition) is 0. The van der Waals surface area contributed by atoms with Gasteiger partial charge in [0.05, 0.1) is 0 Å². The van der Waals surface area contributed by atoms with Crippen molar-refractivity contribution in [1.29, 1.82) is 0 Å². The lowest BCUT2D eigenvalue weighted by molar-refractivity contribution is 0.208. The van der Waals surface area contributed by atoms with E-state index in [1.54, 1.807) is 11.1 Å². The van der Waals surface area contributed by atoms with Gasteiger partial charge in [-0.3, -0.25) is 0 Å². The maximum atomic E-state index is 2.44. The number of rotatable bonds is 2. The van der Waals surface area contributed by atoms with Crippen molar-refractivity contribution in [3.05, 3.63) is 11.1 Å². The fourth-order valence-corrected chi connectivity index (χ4v) is 3.28. The molecule has 14 heavy (non-hydrogen) atoms. The minimum Gasteiger partial charge on any atom is -0.0707 e. The lowest BCUT2D eigenvalue weighted by Crippen LogP contribution is -2.31. The Hall–Kier alpha value is -0.260. The summed E-state index contributed by atoms with van der Waals surface area (Å²) >= 11 is 0. The second-order valence-electron chi connectivity index (χ2n) is 5.08. The summed E-state index contributed by atoms with van der Waals surface area (Å²) in [7, 11) is 0. The molecule has 0 heteroatoms. The number of hydrogen-bond acceptors (Lipinski definition) is 0. The van der Waals surface area contributed by atoms with Crippen LogP contribution in [0.1, 0.15) is 54.4 Å². The molecule has 0 saturated heterocycles. The van der Waals surface area contributed by atoms with Gasteiger partial charge in [-0.05, 0) is 43.4 Å². The van der Waals surface area contributed by atoms with E-state index in [2.05, 4.69) is 41.5 Å². The van der Waals surface area contributed by atoms with E-state index >= 15 is 0 Å². The highest BCUT2D eigenvalue weighted by Crippen LogP contribution is 2.44. The Balaban J connectivity index is 3.06. The molecule has 0 heterocycles. The Morgan fingerprint density at radius 1 is 1.00 bits per heavy atom. The summed E-state index contributed by atoms with van der Waals surface area (Å²) in [4.78, 5) is 0. The van der Waals surface area contributed by atoms with Crippen LogP contribution in [0.3, 0.4) is 0 Å². The SMILES string of the molecule is CCC1=C(C)C(C)C(C)C(C)C1CC. The molecule has 0 bridgehead atoms. The monoisotopic (exact) mass is 194 g/mol. The summed E-state index contributed by atoms with van der Waals surface area (Å²) in [5, 5.41) is 0. The molecule has 0 amide bonds. The van der Waals surface area contributed by atoms with Crippen molar-refractivity contribution in [3.8, 4) is 0 Å². The molecule has 4 unspecified atom stereocenters. The van der Waals surface area contributed by atoms with E-state index in [0.29, 0.717) is 0 Å². The van der Waals surface area contributed by atoms with E-state index in [-0.39, 0.29) is 0 Å². The summed E-state index contributed by atoms with van der Waals surface area (Å²) in [6, 6.07) is 0. The highest BCUT2D eigenvalue weighted by atomic mass is 14.4. The first kappa shape index (κ1) is 11.8. The largest absolute Gasteiger partial charge is 0.0707 e. The van der Waals surface area contributed by atoms with Gasteiger partial charge < -0.3 is 0 Å². The van der Waals surface area contributed by atoms with Gasteiger partial charge in [-0.25, -0.2) is 0 Å². The van der Waals surface area contributed by atoms with Crippen molar-refractivity contribution >= 4 is 0 Å². The number of allylic oxidation sites excluding steroid dienone is 2. The molecule has 0 saturated carbocycles. The molecular weight excluding hydrogens is 168 g/mol. The molecular formula is C14H26. The van der Waals surface area contributed by atoms with E-state index in [9.17, 15) is 0 Å². The van der Waals surface area contributed by atoms with Gasteiger partial charge in [0.25, 0.3) is 0 Å². The Morgan fingerprint density at radius 2 is 1.57 bits per heavy atom. The third kappa shape index (κ3) is 1.76. The van der Waals surface area contributed by atoms with Crippen LogP contribution in [-0.4, -0.2) is 0 Å². The van der Waals surface area contributed by atoms with Crippen LogP contribution >= 0.6 is 0 Å². The summed E-state index contributed by atoms with van der Waals surface area (Å²) in [6.45, 7) is 14.3. The topological polar surface area (TPSA) is 0 Å². The normalized spacial score (nSPS) is 39.0. The van der Waals surface area contributed by atoms with Crippen molar-refractivity contribution in [2.45, 2.75) is 54.4 Å². The van der Waals surface area contributed by atoms with Crippen LogP contribution < -0.4 is 0 Å². The van der Waals surface area contributed by atoms with Crippen LogP contribution in [0.25, 0.3) is 0 Å². The fourth-order valence-electron chi connectivity index (χ4n) is 3.28. The van der Waals surface area contributed by atoms with Gasteiger partial charge >= 0.3 is 0 Å². The molecule has 0 aromatic rings. The average Bonchev–Trinajstić information content (AvgIpc) is 2.20. The first-order valence-electron chi connectivity index (χ1n) is 6.24. The van der Waals surface area contributed by atoms with Crippen LogP contribution in [0.4, 0.5) is 0 Å². The molecule has 0 radical (unpaired) electrons. The van der Waals surface area contributed by atoms with Gasteiger partial charge in [0.15, 0.2) is 0 Å². The van der Waals surface area contributed by atoms with Gasteiger partial charge in [-0.2, -0.15) is 0 Å². The molecule has 1 rings (SSSR count). The second kappa shape index (κ2) is 4.51. The van der Waals surface area contributed by atoms with Gasteiger partial charge in [-0.15, -0.1) is 0 Å². The lowest BCUT2D eigenvalue weighted by atomic mass is 9.64. The minimum atomic E-state index is 0.794. The first-order chi connectivity index (χ1) is 6.54. The Kier molecular flexibility index (Phi) is 3.80. The van der Waals surface area contributed by atoms with Crippen molar-refractivity contribution in [2.24, 2.45) is 23.7 Å². The average molecular weight is 194 g/mol. The zero-order valence-corrected chi connectivity index (χ0v) is 10.7. The summed E-state index contributed by atoms with van der Waals surface area (Å²) in [6.07, 6.45) is 2.57. The van der Waals surface area contributed by atoms with E-state index in [1.807, 2.05) is 0 Å². The van der Waals surface area contributed by atoms with E-state index in [4.69, 9.17) is 0 Å². The van der Waals surface area contributed by atoms with E-state index in [0.717, 1.165) is 23.7 Å². The van der Waals surface area contributed by atoms with E-state index < -0.39 is 0 Å². The van der Waals surface area contributed by atoms with Gasteiger partial charge in [0.1, 0.15) is 0 Å². The van der Waals surface area contributed by atoms with Crippen LogP contribution in [0.15, 0.2) is 11.1 Å². The fraction of sp³-hybridized carbons (Fsp3) is 0.857. The lowest BCUT2D eigenvalue weighted by Gasteiger charge is -2.41. The predicted octanol–water partition coefficient (Wildman–Crippen LogP) is 4.66. The molecule has 0 nitrogen and oxygen atoms in total. The van der Waals surface area contributed by atoms with Crippen LogP contribution in [0.2, 0.25) is 0 Å². The summed E-state index contributed by atoms with van der Waals surface area (Å²) < 4.78 is 0. The third-order valence-corrected chi connectivity index (χ3v) is 4.71. The van der Waals surface area contributed by atoms with Gasteiger partial charge in [-0.1, -0.05) is 45.8 Å². The van der Waals surface area contributed by atoms with Crippen molar-refractivity contribution in [3.63, 3.8) is 0 Å². The zero-order valence-electron chi connectivity index (χ0n) is 10.7. The molecule has 0 aromatic heterocycles. The highest BCUT2D eigenvalue weighted by Gasteiger charge is 2.34. The zero-order chi connectivity index (χ0) is 10.9. The Labute approximate surface area is 89.8 Å². The predicted molar refractivity (Wildman–Crippen MR) is 64.3 cm³/mol. The molecule has 1 aliphatic rings. The quantitative estimate of drug-likeness (QED) is 0.561.